The molecule has 0 saturated carbocycles. The van der Waals surface area contributed by atoms with Gasteiger partial charge in [-0.1, -0.05) is 6.07 Å². The number of amides is 2. The molecule has 0 aliphatic heterocycles. The molecule has 0 fully saturated rings. The second-order valence-electron chi connectivity index (χ2n) is 3.70. The smallest absolute Gasteiger partial charge is 0.250 e. The van der Waals surface area contributed by atoms with Gasteiger partial charge in [0.15, 0.2) is 0 Å². The summed E-state index contributed by atoms with van der Waals surface area (Å²) < 4.78 is 0. The van der Waals surface area contributed by atoms with E-state index in [9.17, 15) is 9.59 Å². The van der Waals surface area contributed by atoms with E-state index in [1.165, 1.54) is 12.3 Å². The van der Waals surface area contributed by atoms with Crippen molar-refractivity contribution in [1.82, 2.24) is 4.98 Å². The Morgan fingerprint density at radius 2 is 2.06 bits per heavy atom. The van der Waals surface area contributed by atoms with Crippen molar-refractivity contribution in [1.29, 1.82) is 0 Å². The van der Waals surface area contributed by atoms with Crippen LogP contribution in [0.3, 0.4) is 0 Å². The second-order valence-corrected chi connectivity index (χ2v) is 4.74. The maximum absolute atomic E-state index is 11.4. The van der Waals surface area contributed by atoms with Gasteiger partial charge >= 0.3 is 0 Å². The van der Waals surface area contributed by atoms with E-state index >= 15 is 0 Å². The molecule has 0 saturated heterocycles. The Balaban J connectivity index is 2.40. The summed E-state index contributed by atoms with van der Waals surface area (Å²) in [6.45, 7) is 0. The highest BCUT2D eigenvalue weighted by Crippen LogP contribution is 2.17. The first-order valence-electron chi connectivity index (χ1n) is 5.19. The van der Waals surface area contributed by atoms with Gasteiger partial charge in [-0.2, -0.15) is 0 Å². The minimum atomic E-state index is -0.632. The van der Waals surface area contributed by atoms with Gasteiger partial charge in [-0.05, 0) is 17.5 Å². The summed E-state index contributed by atoms with van der Waals surface area (Å²) in [4.78, 5) is 27.6. The van der Waals surface area contributed by atoms with Gasteiger partial charge in [-0.15, -0.1) is 11.3 Å². The fraction of sp³-hybridized carbons (Fsp3) is 0.0833. The van der Waals surface area contributed by atoms with E-state index < -0.39 is 11.8 Å². The van der Waals surface area contributed by atoms with Crippen molar-refractivity contribution >= 4 is 23.2 Å². The van der Waals surface area contributed by atoms with Gasteiger partial charge in [0.2, 0.25) is 5.91 Å². The number of hydrogen-bond donors (Lipinski definition) is 2. The average Bonchev–Trinajstić information content (AvgIpc) is 2.81. The summed E-state index contributed by atoms with van der Waals surface area (Å²) in [5.41, 5.74) is 11.4. The molecule has 2 aromatic rings. The van der Waals surface area contributed by atoms with Gasteiger partial charge in [-0.25, -0.2) is 0 Å². The molecule has 0 bridgehead atoms. The van der Waals surface area contributed by atoms with Gasteiger partial charge in [0, 0.05) is 17.5 Å². The molecule has 18 heavy (non-hydrogen) atoms. The maximum atomic E-state index is 11.4. The van der Waals surface area contributed by atoms with Gasteiger partial charge in [-0.3, -0.25) is 14.6 Å². The highest BCUT2D eigenvalue weighted by molar-refractivity contribution is 7.09. The van der Waals surface area contributed by atoms with Crippen molar-refractivity contribution in [3.05, 3.63) is 51.5 Å². The number of carbonyl (C=O) groups excluding carboxylic acids is 2. The van der Waals surface area contributed by atoms with Crippen LogP contribution >= 0.6 is 11.3 Å². The third kappa shape index (κ3) is 2.54. The second kappa shape index (κ2) is 4.97. The molecule has 5 nitrogen and oxygen atoms in total. The van der Waals surface area contributed by atoms with Crippen molar-refractivity contribution < 1.29 is 9.59 Å². The average molecular weight is 261 g/mol. The van der Waals surface area contributed by atoms with Crippen molar-refractivity contribution in [3.8, 4) is 0 Å². The summed E-state index contributed by atoms with van der Waals surface area (Å²) >= 11 is 1.56. The lowest BCUT2D eigenvalue weighted by Crippen LogP contribution is -2.18. The van der Waals surface area contributed by atoms with Crippen LogP contribution in [0.4, 0.5) is 0 Å². The minimum Gasteiger partial charge on any atom is -0.366 e. The molecule has 0 aromatic carbocycles. The van der Waals surface area contributed by atoms with E-state index in [1.54, 1.807) is 11.3 Å². The molecule has 0 spiro atoms. The molecule has 2 amide bonds. The molecule has 2 aromatic heterocycles. The predicted molar refractivity (Wildman–Crippen MR) is 68.4 cm³/mol. The fourth-order valence-corrected chi connectivity index (χ4v) is 2.27. The normalized spacial score (nSPS) is 10.2. The Morgan fingerprint density at radius 1 is 1.28 bits per heavy atom. The summed E-state index contributed by atoms with van der Waals surface area (Å²) in [6.07, 6.45) is 1.87. The first kappa shape index (κ1) is 12.3. The van der Waals surface area contributed by atoms with Gasteiger partial charge in [0.1, 0.15) is 0 Å². The zero-order valence-corrected chi connectivity index (χ0v) is 10.2. The van der Waals surface area contributed by atoms with E-state index in [0.717, 1.165) is 4.88 Å². The summed E-state index contributed by atoms with van der Waals surface area (Å²) in [7, 11) is 0. The molecule has 92 valence electrons. The highest BCUT2D eigenvalue weighted by Gasteiger charge is 2.13. The summed E-state index contributed by atoms with van der Waals surface area (Å²) in [5.74, 6) is -1.25. The number of pyridine rings is 1. The standard InChI is InChI=1S/C12H11N3O2S/c13-11(16)7-4-9(12(14)17)10(15-6-7)5-8-2-1-3-18-8/h1-4,6H,5H2,(H2,13,16)(H2,14,17). The molecule has 0 aliphatic carbocycles. The number of rotatable bonds is 4. The number of nitrogens with two attached hydrogens (primary N) is 2. The molecule has 6 heteroatoms. The lowest BCUT2D eigenvalue weighted by molar-refractivity contribution is 0.0998. The number of primary amides is 2. The molecule has 2 rings (SSSR count). The van der Waals surface area contributed by atoms with Crippen LogP contribution in [0.2, 0.25) is 0 Å². The monoisotopic (exact) mass is 261 g/mol. The van der Waals surface area contributed by atoms with Crippen molar-refractivity contribution in [2.75, 3.05) is 0 Å². The SMILES string of the molecule is NC(=O)c1cnc(Cc2cccs2)c(C(N)=O)c1. The van der Waals surface area contributed by atoms with Crippen LogP contribution in [0.1, 0.15) is 31.3 Å². The molecule has 0 aliphatic rings. The third-order valence-electron chi connectivity index (χ3n) is 2.44. The molecule has 0 unspecified atom stereocenters. The molecule has 0 radical (unpaired) electrons. The molecular formula is C12H11N3O2S. The maximum Gasteiger partial charge on any atom is 0.250 e. The minimum absolute atomic E-state index is 0.179. The Bertz CT molecular complexity index is 593. The van der Waals surface area contributed by atoms with E-state index in [2.05, 4.69) is 4.98 Å². The van der Waals surface area contributed by atoms with E-state index in [4.69, 9.17) is 11.5 Å². The lowest BCUT2D eigenvalue weighted by atomic mass is 10.1. The summed E-state index contributed by atoms with van der Waals surface area (Å²) in [5, 5.41) is 1.94. The van der Waals surface area contributed by atoms with Gasteiger partial charge in [0.05, 0.1) is 16.8 Å². The highest BCUT2D eigenvalue weighted by atomic mass is 32.1. The Kier molecular flexibility index (Phi) is 3.38. The predicted octanol–water partition coefficient (Wildman–Crippen LogP) is 0.932. The van der Waals surface area contributed by atoms with Crippen molar-refractivity contribution in [2.24, 2.45) is 11.5 Å². The zero-order valence-electron chi connectivity index (χ0n) is 9.42. The molecule has 4 N–H and O–H groups in total. The van der Waals surface area contributed by atoms with Gasteiger partial charge in [0.25, 0.3) is 5.91 Å². The van der Waals surface area contributed by atoms with Crippen molar-refractivity contribution in [2.45, 2.75) is 6.42 Å². The zero-order chi connectivity index (χ0) is 13.1. The molecule has 0 atom stereocenters. The lowest BCUT2D eigenvalue weighted by Gasteiger charge is -2.06. The van der Waals surface area contributed by atoms with Crippen LogP contribution in [0.5, 0.6) is 0 Å². The van der Waals surface area contributed by atoms with Crippen LogP contribution in [0.15, 0.2) is 29.8 Å². The summed E-state index contributed by atoms with van der Waals surface area (Å²) in [6, 6.07) is 5.25. The van der Waals surface area contributed by atoms with Crippen LogP contribution in [0.25, 0.3) is 0 Å². The van der Waals surface area contributed by atoms with Crippen LogP contribution in [-0.4, -0.2) is 16.8 Å². The van der Waals surface area contributed by atoms with E-state index in [-0.39, 0.29) is 11.1 Å². The molecular weight excluding hydrogens is 250 g/mol. The number of hydrogen-bond acceptors (Lipinski definition) is 4. The van der Waals surface area contributed by atoms with Gasteiger partial charge < -0.3 is 11.5 Å². The fourth-order valence-electron chi connectivity index (χ4n) is 1.56. The van der Waals surface area contributed by atoms with Crippen LogP contribution in [-0.2, 0) is 6.42 Å². The largest absolute Gasteiger partial charge is 0.366 e. The third-order valence-corrected chi connectivity index (χ3v) is 3.32. The van der Waals surface area contributed by atoms with Crippen molar-refractivity contribution in [3.63, 3.8) is 0 Å². The topological polar surface area (TPSA) is 99.1 Å². The van der Waals surface area contributed by atoms with Crippen LogP contribution < -0.4 is 11.5 Å². The first-order chi connectivity index (χ1) is 8.58. The number of nitrogens with zero attached hydrogens (tertiary/aromatic N) is 1. The first-order valence-corrected chi connectivity index (χ1v) is 6.07. The Labute approximate surface area is 107 Å². The quantitative estimate of drug-likeness (QED) is 0.856. The van der Waals surface area contributed by atoms with Crippen LogP contribution in [0, 0.1) is 0 Å². The van der Waals surface area contributed by atoms with E-state index in [1.807, 2.05) is 17.5 Å². The number of carbonyl (C=O) groups is 2. The Hall–Kier alpha value is -2.21. The Morgan fingerprint density at radius 3 is 2.61 bits per heavy atom. The number of aromatic nitrogens is 1. The number of thiophene rings is 1. The molecule has 2 heterocycles. The van der Waals surface area contributed by atoms with E-state index in [0.29, 0.717) is 12.1 Å².